The van der Waals surface area contributed by atoms with Crippen LogP contribution in [0.5, 0.6) is 0 Å². The third-order valence-corrected chi connectivity index (χ3v) is 11.5. The molecule has 0 spiro atoms. The number of benzene rings is 4. The second-order valence-electron chi connectivity index (χ2n) is 13.5. The number of aryl methyl sites for hydroxylation is 2. The van der Waals surface area contributed by atoms with Crippen molar-refractivity contribution in [2.24, 2.45) is 0 Å². The van der Waals surface area contributed by atoms with Crippen LogP contribution in [-0.4, -0.2) is 75.3 Å². The van der Waals surface area contributed by atoms with Gasteiger partial charge >= 0.3 is 0 Å². The van der Waals surface area contributed by atoms with E-state index in [0.717, 1.165) is 115 Å². The Bertz CT molecular complexity index is 2540. The van der Waals surface area contributed by atoms with Crippen molar-refractivity contribution in [3.63, 3.8) is 0 Å². The molecule has 51 heavy (non-hydrogen) atoms. The van der Waals surface area contributed by atoms with E-state index < -0.39 is 0 Å². The second kappa shape index (κ2) is 14.1. The van der Waals surface area contributed by atoms with Gasteiger partial charge in [-0.1, -0.05) is 100 Å². The first-order valence-corrected chi connectivity index (χ1v) is 19.6. The van der Waals surface area contributed by atoms with Gasteiger partial charge in [0.2, 0.25) is 0 Å². The summed E-state index contributed by atoms with van der Waals surface area (Å²) in [6, 6.07) is 33.8. The molecule has 4 aromatic heterocycles. The summed E-state index contributed by atoms with van der Waals surface area (Å²) in [7, 11) is 0. The number of ether oxygens (including phenoxy) is 1. The van der Waals surface area contributed by atoms with E-state index in [1.165, 1.54) is 38.4 Å². The van der Waals surface area contributed by atoms with Crippen LogP contribution in [0.4, 0.5) is 5.69 Å². The van der Waals surface area contributed by atoms with Gasteiger partial charge in [-0.05, 0) is 37.1 Å². The highest BCUT2D eigenvalue weighted by Gasteiger charge is 2.25. The molecule has 0 aliphatic carbocycles. The molecule has 1 fully saturated rings. The Morgan fingerprint density at radius 3 is 1.98 bits per heavy atom. The van der Waals surface area contributed by atoms with Gasteiger partial charge in [0.25, 0.3) is 0 Å². The van der Waals surface area contributed by atoms with Crippen LogP contribution < -0.4 is 4.90 Å². The lowest BCUT2D eigenvalue weighted by Crippen LogP contribution is -2.41. The van der Waals surface area contributed by atoms with E-state index in [0.29, 0.717) is 0 Å². The number of rotatable bonds is 6. The number of aromatic nitrogens is 4. The van der Waals surface area contributed by atoms with Crippen LogP contribution in [0.2, 0.25) is 5.02 Å². The second-order valence-corrected chi connectivity index (χ2v) is 14.7. The molecule has 0 radical (unpaired) electrons. The first kappa shape index (κ1) is 32.7. The van der Waals surface area contributed by atoms with Crippen LogP contribution in [0.15, 0.2) is 97.1 Å². The first-order valence-electron chi connectivity index (χ1n) is 18.1. The van der Waals surface area contributed by atoms with E-state index in [9.17, 15) is 0 Å². The number of nitrogens with zero attached hydrogens (tertiary/aromatic N) is 6. The van der Waals surface area contributed by atoms with Crippen LogP contribution >= 0.6 is 27.5 Å². The van der Waals surface area contributed by atoms with Gasteiger partial charge in [-0.25, -0.2) is 9.97 Å². The summed E-state index contributed by atoms with van der Waals surface area (Å²) in [6.07, 6.45) is 2.21. The molecule has 258 valence electrons. The largest absolute Gasteiger partial charge is 0.379 e. The Hall–Kier alpha value is -4.21. The van der Waals surface area contributed by atoms with Crippen molar-refractivity contribution in [3.8, 4) is 0 Å². The molecule has 2 aliphatic rings. The van der Waals surface area contributed by atoms with E-state index in [1.54, 1.807) is 0 Å². The Kier molecular flexibility index (Phi) is 9.02. The van der Waals surface area contributed by atoms with E-state index in [2.05, 4.69) is 108 Å². The average molecular weight is 760 g/mol. The van der Waals surface area contributed by atoms with Gasteiger partial charge in [-0.3, -0.25) is 4.90 Å². The lowest BCUT2D eigenvalue weighted by atomic mass is 10.1. The lowest BCUT2D eigenvalue weighted by Gasteiger charge is -2.31. The van der Waals surface area contributed by atoms with Gasteiger partial charge in [-0.15, -0.1) is 0 Å². The van der Waals surface area contributed by atoms with E-state index in [4.69, 9.17) is 26.3 Å². The van der Waals surface area contributed by atoms with Crippen molar-refractivity contribution in [1.29, 1.82) is 0 Å². The number of hydrogen-bond acceptors (Lipinski definition) is 5. The topological polar surface area (TPSA) is 51.4 Å². The SMILES string of the molecule is Clc1c2ccccc2nc2c3ccccc3n(CCCBr)c12.c1ccc2c3c4c(nc2c1)c1ccccc1n4CCCN3CCN1CCOCC1. The van der Waals surface area contributed by atoms with Crippen molar-refractivity contribution in [1.82, 2.24) is 24.0 Å². The Morgan fingerprint density at radius 1 is 0.627 bits per heavy atom. The molecule has 6 heterocycles. The minimum atomic E-state index is 0.798. The number of para-hydroxylation sites is 4. The molecule has 4 aromatic carbocycles. The molecule has 8 aromatic rings. The van der Waals surface area contributed by atoms with Crippen LogP contribution in [0.3, 0.4) is 0 Å². The maximum Gasteiger partial charge on any atom is 0.0988 e. The molecule has 2 aliphatic heterocycles. The van der Waals surface area contributed by atoms with Crippen LogP contribution in [0.25, 0.3) is 65.7 Å². The fraction of sp³-hybridized carbons (Fsp3) is 0.286. The molecule has 0 bridgehead atoms. The highest BCUT2D eigenvalue weighted by molar-refractivity contribution is 9.09. The molecule has 0 saturated carbocycles. The Morgan fingerprint density at radius 2 is 1.24 bits per heavy atom. The van der Waals surface area contributed by atoms with E-state index in [1.807, 2.05) is 24.3 Å². The van der Waals surface area contributed by atoms with Crippen LogP contribution in [-0.2, 0) is 17.8 Å². The van der Waals surface area contributed by atoms with Gasteiger partial charge in [0.05, 0.1) is 68.1 Å². The molecular weight excluding hydrogens is 720 g/mol. The Labute approximate surface area is 310 Å². The summed E-state index contributed by atoms with van der Waals surface area (Å²) >= 11 is 10.3. The maximum atomic E-state index is 6.76. The number of pyridine rings is 2. The molecule has 0 atom stereocenters. The van der Waals surface area contributed by atoms with Gasteiger partial charge in [0, 0.05) is 72.7 Å². The number of hydrogen-bond donors (Lipinski definition) is 0. The predicted molar refractivity (Wildman–Crippen MR) is 217 cm³/mol. The van der Waals surface area contributed by atoms with E-state index in [-0.39, 0.29) is 0 Å². The van der Waals surface area contributed by atoms with Crippen molar-refractivity contribution >= 4 is 98.9 Å². The van der Waals surface area contributed by atoms with Gasteiger partial charge in [-0.2, -0.15) is 0 Å². The molecule has 9 heteroatoms. The third-order valence-electron chi connectivity index (χ3n) is 10.5. The fourth-order valence-corrected chi connectivity index (χ4v) is 8.73. The number of morpholine rings is 1. The molecule has 1 saturated heterocycles. The van der Waals surface area contributed by atoms with Crippen molar-refractivity contribution in [3.05, 3.63) is 102 Å². The standard InChI is InChI=1S/C24H26N4O.C18H14BrClN2/c1-3-8-20-18(6-1)23-24-22(25-20)19-7-2-4-9-21(19)28(24)11-5-10-27(23)13-12-26-14-16-29-17-15-26;19-10-5-11-22-15-9-4-2-7-13(15)17-18(22)16(20)12-6-1-3-8-14(12)21-17/h1-4,6-9H,5,10-17H2;1-4,6-9H,5,10-11H2. The summed E-state index contributed by atoms with van der Waals surface area (Å²) in [5.74, 6) is 0. The monoisotopic (exact) mass is 758 g/mol. The molecular formula is C42H40BrClN6O. The molecule has 10 rings (SSSR count). The van der Waals surface area contributed by atoms with Crippen molar-refractivity contribution in [2.75, 3.05) is 56.2 Å². The molecule has 0 unspecified atom stereocenters. The van der Waals surface area contributed by atoms with Crippen molar-refractivity contribution < 1.29 is 4.74 Å². The zero-order valence-electron chi connectivity index (χ0n) is 28.6. The molecule has 0 N–H and O–H groups in total. The van der Waals surface area contributed by atoms with Gasteiger partial charge < -0.3 is 18.8 Å². The summed E-state index contributed by atoms with van der Waals surface area (Å²) in [6.45, 7) is 8.99. The van der Waals surface area contributed by atoms with Crippen molar-refractivity contribution in [2.45, 2.75) is 25.9 Å². The fourth-order valence-electron chi connectivity index (χ4n) is 8.13. The zero-order chi connectivity index (χ0) is 34.3. The highest BCUT2D eigenvalue weighted by atomic mass is 79.9. The third kappa shape index (κ3) is 5.82. The molecule has 0 amide bonds. The summed E-state index contributed by atoms with van der Waals surface area (Å²) < 4.78 is 10.3. The maximum absolute atomic E-state index is 6.76. The molecule has 7 nitrogen and oxygen atoms in total. The predicted octanol–water partition coefficient (Wildman–Crippen LogP) is 9.67. The first-order chi connectivity index (χ1) is 25.2. The number of alkyl halides is 1. The van der Waals surface area contributed by atoms with Crippen LogP contribution in [0.1, 0.15) is 12.8 Å². The highest BCUT2D eigenvalue weighted by Crippen LogP contribution is 2.41. The number of anilines is 1. The van der Waals surface area contributed by atoms with Gasteiger partial charge in [0.1, 0.15) is 0 Å². The number of halogens is 2. The summed E-state index contributed by atoms with van der Waals surface area (Å²) in [5, 5.41) is 6.49. The average Bonchev–Trinajstić information content (AvgIpc) is 3.58. The van der Waals surface area contributed by atoms with E-state index >= 15 is 0 Å². The van der Waals surface area contributed by atoms with Gasteiger partial charge in [0.15, 0.2) is 0 Å². The normalized spacial score (nSPS) is 15.3. The lowest BCUT2D eigenvalue weighted by molar-refractivity contribution is 0.0392. The number of fused-ring (bicyclic) bond motifs is 9. The minimum absolute atomic E-state index is 0.798. The zero-order valence-corrected chi connectivity index (χ0v) is 30.9. The smallest absolute Gasteiger partial charge is 0.0988 e. The summed E-state index contributed by atoms with van der Waals surface area (Å²) in [4.78, 5) is 15.1. The quantitative estimate of drug-likeness (QED) is 0.158. The Balaban J connectivity index is 0.000000142. The van der Waals surface area contributed by atoms with Crippen LogP contribution in [0, 0.1) is 0 Å². The summed E-state index contributed by atoms with van der Waals surface area (Å²) in [5.41, 5.74) is 10.4. The minimum Gasteiger partial charge on any atom is -0.379 e.